The fourth-order valence-electron chi connectivity index (χ4n) is 8.96. The van der Waals surface area contributed by atoms with E-state index in [1.807, 2.05) is 11.3 Å². The summed E-state index contributed by atoms with van der Waals surface area (Å²) < 4.78 is 9.25. The molecule has 0 unspecified atom stereocenters. The molecule has 11 rings (SSSR count). The molecule has 2 nitrogen and oxygen atoms in total. The Morgan fingerprint density at radius 3 is 2.10 bits per heavy atom. The fraction of sp³-hybridized carbons (Fsp3) is 0.0417. The normalized spacial score (nSPS) is 14.0. The molecule has 0 N–H and O–H groups in total. The molecule has 248 valence electrons. The summed E-state index contributed by atoms with van der Waals surface area (Å²) >= 11 is 1.87. The topological polar surface area (TPSA) is 16.4 Å². The minimum atomic E-state index is -2.44. The first-order valence-corrected chi connectivity index (χ1v) is 22.4. The number of rotatable bonds is 4. The summed E-state index contributed by atoms with van der Waals surface area (Å²) in [5.41, 5.74) is 10.5. The van der Waals surface area contributed by atoms with E-state index in [1.165, 1.54) is 80.0 Å². The molecule has 2 aromatic heterocycles. The van der Waals surface area contributed by atoms with Crippen molar-refractivity contribution in [2.45, 2.75) is 13.1 Å². The Bertz CT molecular complexity index is 3070. The van der Waals surface area contributed by atoms with Gasteiger partial charge < -0.3 is 0 Å². The summed E-state index contributed by atoms with van der Waals surface area (Å²) in [5, 5.41) is 10.5. The average Bonchev–Trinajstić information content (AvgIpc) is 3.82. The third-order valence-corrected chi connectivity index (χ3v) is 16.7. The van der Waals surface area contributed by atoms with Crippen molar-refractivity contribution in [3.05, 3.63) is 164 Å². The summed E-state index contributed by atoms with van der Waals surface area (Å²) in [6.45, 7) is 5.04. The summed E-state index contributed by atoms with van der Waals surface area (Å²) in [6.07, 6.45) is 0. The van der Waals surface area contributed by atoms with Gasteiger partial charge in [0.15, 0.2) is 0 Å². The predicted octanol–water partition coefficient (Wildman–Crippen LogP) is 12.8. The van der Waals surface area contributed by atoms with Gasteiger partial charge in [-0.25, -0.2) is 0 Å². The summed E-state index contributed by atoms with van der Waals surface area (Å²) in [7, 11) is -2.44. The average molecular weight is 701 g/mol. The van der Waals surface area contributed by atoms with E-state index < -0.39 is 8.07 Å². The van der Waals surface area contributed by atoms with Crippen molar-refractivity contribution in [1.29, 1.82) is 0 Å². The Labute approximate surface area is 306 Å². The van der Waals surface area contributed by atoms with Gasteiger partial charge in [-0.3, -0.25) is 0 Å². The number of anilines is 3. The van der Waals surface area contributed by atoms with Crippen molar-refractivity contribution in [3.8, 4) is 22.3 Å². The first-order valence-electron chi connectivity index (χ1n) is 18.2. The van der Waals surface area contributed by atoms with Crippen molar-refractivity contribution >= 4 is 99.7 Å². The number of hydrogen-bond donors (Lipinski definition) is 0. The molecule has 10 aromatic rings. The predicted molar refractivity (Wildman–Crippen MR) is 228 cm³/mol. The maximum atomic E-state index is 6.63. The van der Waals surface area contributed by atoms with E-state index in [9.17, 15) is 0 Å². The molecule has 0 radical (unpaired) electrons. The van der Waals surface area contributed by atoms with E-state index in [4.69, 9.17) is 4.42 Å². The molecule has 0 bridgehead atoms. The van der Waals surface area contributed by atoms with Gasteiger partial charge in [-0.05, 0) is 0 Å². The molecule has 1 aliphatic rings. The van der Waals surface area contributed by atoms with Crippen molar-refractivity contribution in [1.82, 2.24) is 0 Å². The van der Waals surface area contributed by atoms with Crippen LogP contribution >= 0.6 is 11.3 Å². The molecule has 8 aromatic carbocycles. The number of benzene rings is 8. The molecular formula is C48H34NOSSi-. The molecule has 52 heavy (non-hydrogen) atoms. The molecule has 0 fully saturated rings. The molecule has 4 heteroatoms. The van der Waals surface area contributed by atoms with Crippen LogP contribution in [-0.4, -0.2) is 8.07 Å². The Balaban J connectivity index is 1.13. The third-order valence-electron chi connectivity index (χ3n) is 11.5. The Kier molecular flexibility index (Phi) is 6.31. The molecule has 0 spiro atoms. The summed E-state index contributed by atoms with van der Waals surface area (Å²) in [4.78, 5) is 2.47. The fourth-order valence-corrected chi connectivity index (χ4v) is 13.6. The zero-order valence-electron chi connectivity index (χ0n) is 28.9. The van der Waals surface area contributed by atoms with E-state index in [2.05, 4.69) is 182 Å². The van der Waals surface area contributed by atoms with Gasteiger partial charge in [-0.2, -0.15) is 0 Å². The van der Waals surface area contributed by atoms with Crippen LogP contribution in [0.25, 0.3) is 75.1 Å². The van der Waals surface area contributed by atoms with Crippen LogP contribution in [0.5, 0.6) is 0 Å². The number of hydrogen-bond acceptors (Lipinski definition) is 3. The minimum absolute atomic E-state index is 0.952. The molecule has 3 heterocycles. The zero-order valence-corrected chi connectivity index (χ0v) is 30.9. The van der Waals surface area contributed by atoms with Gasteiger partial charge >= 0.3 is 308 Å². The Hall–Kier alpha value is -5.94. The van der Waals surface area contributed by atoms with E-state index in [1.54, 1.807) is 0 Å². The van der Waals surface area contributed by atoms with Crippen molar-refractivity contribution < 1.29 is 4.42 Å². The standard InChI is InChI=1S/C48H34NOSSi/c1-52(2)45-26-25-40-37-16-5-7-19-42(37)50-48(40)47(45)41-24-22-34(29-46(41)52)49(33-21-23-39-38-17-6-8-20-43(38)51-44(39)28-33)32-14-9-13-31(27-32)36-18-10-12-30-11-3-4-15-35(30)36/h3-29,52H,1-2H3/q-1. The van der Waals surface area contributed by atoms with E-state index in [0.717, 1.165) is 22.5 Å². The quantitative estimate of drug-likeness (QED) is 0.170. The van der Waals surface area contributed by atoms with Crippen LogP contribution in [0, 0.1) is 0 Å². The van der Waals surface area contributed by atoms with Crippen LogP contribution in [0.4, 0.5) is 17.1 Å². The van der Waals surface area contributed by atoms with Gasteiger partial charge in [0.25, 0.3) is 0 Å². The van der Waals surface area contributed by atoms with Crippen LogP contribution in [0.15, 0.2) is 168 Å². The van der Waals surface area contributed by atoms with Crippen LogP contribution < -0.4 is 15.3 Å². The van der Waals surface area contributed by atoms with Gasteiger partial charge in [0.1, 0.15) is 0 Å². The number of nitrogens with zero attached hydrogens (tertiary/aromatic N) is 1. The second kappa shape index (κ2) is 11.0. The second-order valence-corrected chi connectivity index (χ2v) is 20.9. The summed E-state index contributed by atoms with van der Waals surface area (Å²) in [5.74, 6) is 0. The Morgan fingerprint density at radius 1 is 0.481 bits per heavy atom. The van der Waals surface area contributed by atoms with Crippen molar-refractivity contribution in [2.24, 2.45) is 0 Å². The zero-order chi connectivity index (χ0) is 34.6. The Morgan fingerprint density at radius 2 is 1.17 bits per heavy atom. The van der Waals surface area contributed by atoms with Crippen molar-refractivity contribution in [2.75, 3.05) is 4.90 Å². The molecule has 0 aliphatic carbocycles. The van der Waals surface area contributed by atoms with Crippen LogP contribution in [0.2, 0.25) is 13.1 Å². The van der Waals surface area contributed by atoms with Crippen LogP contribution in [-0.2, 0) is 0 Å². The first kappa shape index (κ1) is 29.8. The number of fused-ring (bicyclic) bond motifs is 11. The maximum absolute atomic E-state index is 6.63. The number of thiophene rings is 1. The molecule has 0 amide bonds. The van der Waals surface area contributed by atoms with E-state index >= 15 is 0 Å². The number of furan rings is 1. The van der Waals surface area contributed by atoms with Crippen molar-refractivity contribution in [3.63, 3.8) is 0 Å². The third kappa shape index (κ3) is 4.29. The molecule has 0 saturated heterocycles. The van der Waals surface area contributed by atoms with Gasteiger partial charge in [0.2, 0.25) is 0 Å². The van der Waals surface area contributed by atoms with E-state index in [0.29, 0.717) is 0 Å². The number of para-hydroxylation sites is 1. The van der Waals surface area contributed by atoms with Gasteiger partial charge in [0, 0.05) is 0 Å². The van der Waals surface area contributed by atoms with Gasteiger partial charge in [0.05, 0.1) is 0 Å². The summed E-state index contributed by atoms with van der Waals surface area (Å²) in [6, 6.07) is 60.4. The molecular weight excluding hydrogens is 667 g/mol. The molecule has 0 saturated carbocycles. The van der Waals surface area contributed by atoms with E-state index in [-0.39, 0.29) is 0 Å². The first-order chi connectivity index (χ1) is 25.5. The second-order valence-electron chi connectivity index (χ2n) is 14.8. The molecule has 1 aliphatic heterocycles. The van der Waals surface area contributed by atoms with Gasteiger partial charge in [-0.15, -0.1) is 0 Å². The van der Waals surface area contributed by atoms with Gasteiger partial charge in [-0.1, -0.05) is 0 Å². The SMILES string of the molecule is C[SiH-]1(C)c2cc(N(c3cccc(-c4cccc5ccccc45)c3)c3ccc4c(c3)sc3ccccc34)ccc2-c2c1ccc1c2oc2ccccc21. The monoisotopic (exact) mass is 700 g/mol. The van der Waals surface area contributed by atoms with Crippen LogP contribution in [0.3, 0.4) is 0 Å². The molecule has 0 atom stereocenters. The van der Waals surface area contributed by atoms with Crippen LogP contribution in [0.1, 0.15) is 0 Å².